The summed E-state index contributed by atoms with van der Waals surface area (Å²) in [4.78, 5) is 28.3. The Kier molecular flexibility index (Phi) is 8.67. The summed E-state index contributed by atoms with van der Waals surface area (Å²) in [6, 6.07) is 8.89. The Morgan fingerprint density at radius 2 is 1.70 bits per heavy atom. The van der Waals surface area contributed by atoms with Gasteiger partial charge in [0.1, 0.15) is 11.5 Å². The molecule has 0 unspecified atom stereocenters. The van der Waals surface area contributed by atoms with Crippen LogP contribution >= 0.6 is 0 Å². The van der Waals surface area contributed by atoms with E-state index in [9.17, 15) is 26.4 Å². The molecule has 44 heavy (non-hydrogen) atoms. The van der Waals surface area contributed by atoms with Crippen LogP contribution in [0.5, 0.6) is 0 Å². The van der Waals surface area contributed by atoms with E-state index in [0.29, 0.717) is 40.2 Å². The summed E-state index contributed by atoms with van der Waals surface area (Å²) in [6.07, 6.45) is 2.23. The van der Waals surface area contributed by atoms with Crippen LogP contribution in [0.15, 0.2) is 64.5 Å². The van der Waals surface area contributed by atoms with Crippen molar-refractivity contribution in [2.45, 2.75) is 68.7 Å². The SMILES string of the molecule is CC(C)n1c(=O)c(-c2ccc(NS(=O)(=O)c3ccccc3C(F)(F)F)nc2)cc2cnc(N[C@H]3CC[C@H](N(C)C)CC3)nc21. The van der Waals surface area contributed by atoms with Gasteiger partial charge in [0, 0.05) is 47.0 Å². The van der Waals surface area contributed by atoms with Crippen LogP contribution in [-0.4, -0.2) is 59.0 Å². The number of benzene rings is 1. The van der Waals surface area contributed by atoms with Gasteiger partial charge in [-0.2, -0.15) is 18.2 Å². The molecular formula is C30H34F3N7O3S. The summed E-state index contributed by atoms with van der Waals surface area (Å²) in [5, 5.41) is 4.06. The number of sulfonamides is 1. The van der Waals surface area contributed by atoms with Crippen molar-refractivity contribution in [3.8, 4) is 11.1 Å². The molecule has 0 aliphatic heterocycles. The second-order valence-electron chi connectivity index (χ2n) is 11.4. The first-order valence-electron chi connectivity index (χ1n) is 14.3. The van der Waals surface area contributed by atoms with Gasteiger partial charge in [-0.05, 0) is 84.0 Å². The van der Waals surface area contributed by atoms with Crippen molar-refractivity contribution in [3.63, 3.8) is 0 Å². The van der Waals surface area contributed by atoms with Crippen molar-refractivity contribution in [2.24, 2.45) is 0 Å². The highest BCUT2D eigenvalue weighted by atomic mass is 32.2. The zero-order valence-electron chi connectivity index (χ0n) is 24.8. The first-order chi connectivity index (χ1) is 20.7. The van der Waals surface area contributed by atoms with Gasteiger partial charge >= 0.3 is 6.18 Å². The number of hydrogen-bond donors (Lipinski definition) is 2. The van der Waals surface area contributed by atoms with E-state index in [2.05, 4.69) is 39.0 Å². The number of pyridine rings is 2. The lowest BCUT2D eigenvalue weighted by atomic mass is 9.91. The number of nitrogens with zero attached hydrogens (tertiary/aromatic N) is 5. The molecule has 3 aromatic heterocycles. The van der Waals surface area contributed by atoms with E-state index in [-0.39, 0.29) is 23.5 Å². The first-order valence-corrected chi connectivity index (χ1v) is 15.7. The average Bonchev–Trinajstić information content (AvgIpc) is 2.97. The van der Waals surface area contributed by atoms with Gasteiger partial charge in [-0.1, -0.05) is 12.1 Å². The molecule has 0 amide bonds. The minimum absolute atomic E-state index is 0.200. The van der Waals surface area contributed by atoms with Gasteiger partial charge in [0.15, 0.2) is 0 Å². The third-order valence-electron chi connectivity index (χ3n) is 7.85. The van der Waals surface area contributed by atoms with Crippen molar-refractivity contribution in [1.82, 2.24) is 24.4 Å². The van der Waals surface area contributed by atoms with Gasteiger partial charge in [0.2, 0.25) is 5.95 Å². The zero-order valence-corrected chi connectivity index (χ0v) is 25.6. The highest BCUT2D eigenvalue weighted by Gasteiger charge is 2.37. The summed E-state index contributed by atoms with van der Waals surface area (Å²) in [5.41, 5.74) is -0.440. The van der Waals surface area contributed by atoms with Gasteiger partial charge in [-0.3, -0.25) is 14.1 Å². The van der Waals surface area contributed by atoms with E-state index in [0.717, 1.165) is 37.8 Å². The molecule has 1 aliphatic carbocycles. The van der Waals surface area contributed by atoms with Crippen LogP contribution in [0.2, 0.25) is 0 Å². The maximum atomic E-state index is 13.7. The molecule has 5 rings (SSSR count). The maximum absolute atomic E-state index is 13.7. The number of fused-ring (bicyclic) bond motifs is 1. The van der Waals surface area contributed by atoms with Crippen LogP contribution in [0.3, 0.4) is 0 Å². The largest absolute Gasteiger partial charge is 0.417 e. The van der Waals surface area contributed by atoms with Gasteiger partial charge in [-0.25, -0.2) is 18.4 Å². The molecule has 1 aromatic carbocycles. The maximum Gasteiger partial charge on any atom is 0.417 e. The third-order valence-corrected chi connectivity index (χ3v) is 9.26. The number of aromatic nitrogens is 4. The number of hydrogen-bond acceptors (Lipinski definition) is 8. The van der Waals surface area contributed by atoms with Crippen LogP contribution in [0, 0.1) is 0 Å². The molecule has 234 valence electrons. The second kappa shape index (κ2) is 12.2. The molecule has 14 heteroatoms. The van der Waals surface area contributed by atoms with Crippen LogP contribution in [0.1, 0.15) is 51.1 Å². The Morgan fingerprint density at radius 3 is 2.32 bits per heavy atom. The standard InChI is InChI=1S/C30H34F3N7O3S/c1-18(2)40-27-20(17-35-29(37-27)36-21-10-12-22(13-11-21)39(3)4)15-23(28(40)41)19-9-14-26(34-16-19)38-44(42,43)25-8-6-5-7-24(25)30(31,32)33/h5-9,14-18,21-22H,10-13H2,1-4H3,(H,34,38)(H,35,36,37)/t21-,22-. The van der Waals surface area contributed by atoms with E-state index in [4.69, 9.17) is 4.98 Å². The van der Waals surface area contributed by atoms with E-state index in [1.807, 2.05) is 13.8 Å². The molecule has 0 atom stereocenters. The Balaban J connectivity index is 1.41. The Labute approximate surface area is 253 Å². The lowest BCUT2D eigenvalue weighted by Gasteiger charge is -2.33. The fraction of sp³-hybridized carbons (Fsp3) is 0.400. The van der Waals surface area contributed by atoms with Crippen molar-refractivity contribution < 1.29 is 21.6 Å². The zero-order chi connectivity index (χ0) is 31.8. The molecular weight excluding hydrogens is 595 g/mol. The molecule has 1 aliphatic rings. The monoisotopic (exact) mass is 629 g/mol. The Bertz CT molecular complexity index is 1820. The molecule has 0 spiro atoms. The predicted molar refractivity (Wildman–Crippen MR) is 163 cm³/mol. The van der Waals surface area contributed by atoms with Crippen LogP contribution < -0.4 is 15.6 Å². The number of halogens is 3. The van der Waals surface area contributed by atoms with Crippen molar-refractivity contribution in [3.05, 3.63) is 70.8 Å². The molecule has 0 bridgehead atoms. The minimum Gasteiger partial charge on any atom is -0.351 e. The lowest BCUT2D eigenvalue weighted by Crippen LogP contribution is -2.36. The lowest BCUT2D eigenvalue weighted by molar-refractivity contribution is -0.139. The highest BCUT2D eigenvalue weighted by molar-refractivity contribution is 7.92. The normalized spacial score (nSPS) is 17.8. The van der Waals surface area contributed by atoms with Crippen LogP contribution in [0.4, 0.5) is 24.9 Å². The van der Waals surface area contributed by atoms with E-state index in [1.165, 1.54) is 24.4 Å². The Morgan fingerprint density at radius 1 is 1.00 bits per heavy atom. The number of alkyl halides is 3. The molecule has 4 aromatic rings. The minimum atomic E-state index is -4.86. The quantitative estimate of drug-likeness (QED) is 0.261. The van der Waals surface area contributed by atoms with Crippen LogP contribution in [0.25, 0.3) is 22.2 Å². The van der Waals surface area contributed by atoms with E-state index < -0.39 is 26.7 Å². The number of rotatable bonds is 8. The summed E-state index contributed by atoms with van der Waals surface area (Å²) < 4.78 is 69.5. The van der Waals surface area contributed by atoms with Crippen LogP contribution in [-0.2, 0) is 16.2 Å². The van der Waals surface area contributed by atoms with Gasteiger partial charge in [-0.15, -0.1) is 0 Å². The number of anilines is 2. The smallest absolute Gasteiger partial charge is 0.351 e. The van der Waals surface area contributed by atoms with E-state index >= 15 is 0 Å². The van der Waals surface area contributed by atoms with Crippen molar-refractivity contribution in [1.29, 1.82) is 0 Å². The fourth-order valence-corrected chi connectivity index (χ4v) is 6.77. The summed E-state index contributed by atoms with van der Waals surface area (Å²) in [6.45, 7) is 3.74. The highest BCUT2D eigenvalue weighted by Crippen LogP contribution is 2.34. The Hall–Kier alpha value is -4.04. The topological polar surface area (TPSA) is 122 Å². The van der Waals surface area contributed by atoms with Crippen molar-refractivity contribution >= 4 is 32.8 Å². The van der Waals surface area contributed by atoms with E-state index in [1.54, 1.807) is 16.8 Å². The fourth-order valence-electron chi connectivity index (χ4n) is 5.54. The molecule has 0 saturated heterocycles. The second-order valence-corrected chi connectivity index (χ2v) is 13.1. The average molecular weight is 630 g/mol. The molecule has 1 saturated carbocycles. The predicted octanol–water partition coefficient (Wildman–Crippen LogP) is 5.54. The molecule has 0 radical (unpaired) electrons. The van der Waals surface area contributed by atoms with Gasteiger partial charge in [0.25, 0.3) is 15.6 Å². The summed E-state index contributed by atoms with van der Waals surface area (Å²) >= 11 is 0. The molecule has 1 fully saturated rings. The molecule has 2 N–H and O–H groups in total. The molecule has 10 nitrogen and oxygen atoms in total. The van der Waals surface area contributed by atoms with Gasteiger partial charge in [0.05, 0.1) is 10.5 Å². The summed E-state index contributed by atoms with van der Waals surface area (Å²) in [5.74, 6) is 0.257. The first kappa shape index (κ1) is 31.4. The van der Waals surface area contributed by atoms with Crippen molar-refractivity contribution in [2.75, 3.05) is 24.1 Å². The molecule has 3 heterocycles. The third kappa shape index (κ3) is 6.55. The summed E-state index contributed by atoms with van der Waals surface area (Å²) in [7, 11) is -0.413. The van der Waals surface area contributed by atoms with Gasteiger partial charge < -0.3 is 10.2 Å². The number of nitrogens with one attached hydrogen (secondary N) is 2.